The average molecular weight is 335 g/mol. The quantitative estimate of drug-likeness (QED) is 0.914. The van der Waals surface area contributed by atoms with Gasteiger partial charge in [-0.05, 0) is 48.7 Å². The molecule has 0 bridgehead atoms. The van der Waals surface area contributed by atoms with Crippen molar-refractivity contribution in [1.29, 1.82) is 0 Å². The zero-order chi connectivity index (χ0) is 17.5. The molecule has 0 fully saturated rings. The topological polar surface area (TPSA) is 38.3 Å². The first-order valence-electron chi connectivity index (χ1n) is 7.40. The van der Waals surface area contributed by atoms with Gasteiger partial charge in [-0.15, -0.1) is 0 Å². The third-order valence-electron chi connectivity index (χ3n) is 4.38. The molecule has 126 valence electrons. The Kier molecular flexibility index (Phi) is 3.78. The van der Waals surface area contributed by atoms with Crippen LogP contribution in [0.25, 0.3) is 0 Å². The fourth-order valence-electron chi connectivity index (χ4n) is 3.04. The third kappa shape index (κ3) is 2.72. The molecule has 1 N–H and O–H groups in total. The van der Waals surface area contributed by atoms with E-state index < -0.39 is 17.2 Å². The summed E-state index contributed by atoms with van der Waals surface area (Å²) in [5.74, 6) is 0.365. The van der Waals surface area contributed by atoms with Crippen LogP contribution in [-0.2, 0) is 22.8 Å². The molecule has 1 amide bonds. The van der Waals surface area contributed by atoms with Crippen molar-refractivity contribution in [3.63, 3.8) is 0 Å². The first kappa shape index (κ1) is 16.4. The third-order valence-corrected chi connectivity index (χ3v) is 4.38. The molecule has 1 atom stereocenters. The Morgan fingerprint density at radius 3 is 2.58 bits per heavy atom. The minimum Gasteiger partial charge on any atom is -0.497 e. The summed E-state index contributed by atoms with van der Waals surface area (Å²) in [5, 5.41) is 2.79. The van der Waals surface area contributed by atoms with Crippen molar-refractivity contribution in [2.75, 3.05) is 12.4 Å². The second-order valence-electron chi connectivity index (χ2n) is 6.07. The van der Waals surface area contributed by atoms with Crippen LogP contribution in [0.15, 0.2) is 42.5 Å². The number of hydrogen-bond acceptors (Lipinski definition) is 2. The lowest BCUT2D eigenvalue weighted by atomic mass is 9.78. The van der Waals surface area contributed by atoms with E-state index in [1.807, 2.05) is 0 Å². The van der Waals surface area contributed by atoms with Crippen molar-refractivity contribution in [1.82, 2.24) is 0 Å². The predicted molar refractivity (Wildman–Crippen MR) is 84.1 cm³/mol. The first-order valence-corrected chi connectivity index (χ1v) is 7.40. The van der Waals surface area contributed by atoms with Crippen LogP contribution in [0.2, 0.25) is 0 Å². The van der Waals surface area contributed by atoms with Gasteiger partial charge in [-0.3, -0.25) is 4.79 Å². The lowest BCUT2D eigenvalue weighted by Crippen LogP contribution is -2.33. The Labute approximate surface area is 137 Å². The monoisotopic (exact) mass is 335 g/mol. The van der Waals surface area contributed by atoms with E-state index in [1.54, 1.807) is 31.2 Å². The van der Waals surface area contributed by atoms with Gasteiger partial charge in [0, 0.05) is 5.69 Å². The van der Waals surface area contributed by atoms with Crippen molar-refractivity contribution in [3.8, 4) is 5.75 Å². The molecule has 1 heterocycles. The lowest BCUT2D eigenvalue weighted by molar-refractivity contribution is -0.137. The molecule has 1 unspecified atom stereocenters. The van der Waals surface area contributed by atoms with Gasteiger partial charge in [0.1, 0.15) is 5.75 Å². The Hall–Kier alpha value is -2.50. The Morgan fingerprint density at radius 1 is 1.17 bits per heavy atom. The Balaban J connectivity index is 2.00. The van der Waals surface area contributed by atoms with E-state index in [-0.39, 0.29) is 12.3 Å². The molecule has 6 heteroatoms. The number of anilines is 1. The number of rotatable bonds is 3. The van der Waals surface area contributed by atoms with E-state index in [4.69, 9.17) is 4.74 Å². The number of halogens is 3. The van der Waals surface area contributed by atoms with Crippen molar-refractivity contribution in [2.45, 2.75) is 24.9 Å². The molecule has 1 aliphatic rings. The van der Waals surface area contributed by atoms with Crippen LogP contribution in [0.1, 0.15) is 23.6 Å². The van der Waals surface area contributed by atoms with Crippen LogP contribution >= 0.6 is 0 Å². The molecular weight excluding hydrogens is 319 g/mol. The molecule has 0 spiro atoms. The standard InChI is InChI=1S/C18H16F3NO2/c1-17(10-11-4-3-5-12(8-11)18(19,20)21)14-9-13(24-2)6-7-15(14)22-16(17)23/h3-9H,10H2,1-2H3,(H,22,23). The minimum atomic E-state index is -4.41. The first-order chi connectivity index (χ1) is 11.2. The highest BCUT2D eigenvalue weighted by atomic mass is 19.4. The van der Waals surface area contributed by atoms with Gasteiger partial charge in [-0.1, -0.05) is 18.2 Å². The number of amides is 1. The van der Waals surface area contributed by atoms with Gasteiger partial charge in [0.2, 0.25) is 5.91 Å². The zero-order valence-corrected chi connectivity index (χ0v) is 13.2. The Bertz CT molecular complexity index is 801. The van der Waals surface area contributed by atoms with Crippen molar-refractivity contribution < 1.29 is 22.7 Å². The molecule has 24 heavy (non-hydrogen) atoms. The molecule has 3 rings (SSSR count). The molecule has 1 aliphatic heterocycles. The van der Waals surface area contributed by atoms with Crippen LogP contribution < -0.4 is 10.1 Å². The number of ether oxygens (including phenoxy) is 1. The molecule has 0 aromatic heterocycles. The summed E-state index contributed by atoms with van der Waals surface area (Å²) >= 11 is 0. The number of nitrogens with one attached hydrogen (secondary N) is 1. The maximum Gasteiger partial charge on any atom is 0.416 e. The fourth-order valence-corrected chi connectivity index (χ4v) is 3.04. The number of methoxy groups -OCH3 is 1. The van der Waals surface area contributed by atoms with E-state index in [9.17, 15) is 18.0 Å². The van der Waals surface area contributed by atoms with Crippen molar-refractivity contribution in [2.24, 2.45) is 0 Å². The van der Waals surface area contributed by atoms with Gasteiger partial charge in [-0.25, -0.2) is 0 Å². The van der Waals surface area contributed by atoms with Crippen LogP contribution in [-0.4, -0.2) is 13.0 Å². The average Bonchev–Trinajstić information content (AvgIpc) is 2.77. The molecule has 2 aromatic carbocycles. The summed E-state index contributed by atoms with van der Waals surface area (Å²) in [7, 11) is 1.52. The molecule has 0 radical (unpaired) electrons. The number of carbonyl (C=O) groups is 1. The van der Waals surface area contributed by atoms with E-state index >= 15 is 0 Å². The van der Waals surface area contributed by atoms with Crippen LogP contribution in [0.3, 0.4) is 0 Å². The smallest absolute Gasteiger partial charge is 0.416 e. The number of fused-ring (bicyclic) bond motifs is 1. The van der Waals surface area contributed by atoms with Gasteiger partial charge in [0.15, 0.2) is 0 Å². The van der Waals surface area contributed by atoms with Gasteiger partial charge < -0.3 is 10.1 Å². The summed E-state index contributed by atoms with van der Waals surface area (Å²) < 4.78 is 43.9. The summed E-state index contributed by atoms with van der Waals surface area (Å²) in [4.78, 5) is 12.5. The normalized spacial score (nSPS) is 19.8. The van der Waals surface area contributed by atoms with Crippen LogP contribution in [0.5, 0.6) is 5.75 Å². The molecule has 3 nitrogen and oxygen atoms in total. The zero-order valence-electron chi connectivity index (χ0n) is 13.2. The fraction of sp³-hybridized carbons (Fsp3) is 0.278. The van der Waals surface area contributed by atoms with Crippen molar-refractivity contribution >= 4 is 11.6 Å². The second kappa shape index (κ2) is 5.54. The minimum absolute atomic E-state index is 0.170. The molecule has 2 aromatic rings. The SMILES string of the molecule is COc1ccc2c(c1)C(C)(Cc1cccc(C(F)(F)F)c1)C(=O)N2. The van der Waals surface area contributed by atoms with E-state index in [1.165, 1.54) is 13.2 Å². The van der Waals surface area contributed by atoms with Crippen LogP contribution in [0.4, 0.5) is 18.9 Å². The van der Waals surface area contributed by atoms with Crippen LogP contribution in [0, 0.1) is 0 Å². The summed E-state index contributed by atoms with van der Waals surface area (Å²) in [6, 6.07) is 10.3. The van der Waals surface area contributed by atoms with Gasteiger partial charge in [-0.2, -0.15) is 13.2 Å². The summed E-state index contributed by atoms with van der Waals surface area (Å²) in [6.45, 7) is 1.73. The highest BCUT2D eigenvalue weighted by Gasteiger charge is 2.43. The summed E-state index contributed by atoms with van der Waals surface area (Å²) in [6.07, 6.45) is -4.24. The van der Waals surface area contributed by atoms with E-state index in [2.05, 4.69) is 5.32 Å². The molecule has 0 saturated heterocycles. The van der Waals surface area contributed by atoms with E-state index in [0.29, 0.717) is 17.0 Å². The number of alkyl halides is 3. The number of carbonyl (C=O) groups excluding carboxylic acids is 1. The van der Waals surface area contributed by atoms with Crippen molar-refractivity contribution in [3.05, 3.63) is 59.2 Å². The largest absolute Gasteiger partial charge is 0.497 e. The second-order valence-corrected chi connectivity index (χ2v) is 6.07. The van der Waals surface area contributed by atoms with E-state index in [0.717, 1.165) is 17.7 Å². The summed E-state index contributed by atoms with van der Waals surface area (Å²) in [5.41, 5.74) is 0.180. The maximum absolute atomic E-state index is 12.9. The van der Waals surface area contributed by atoms with Gasteiger partial charge >= 0.3 is 6.18 Å². The lowest BCUT2D eigenvalue weighted by Gasteiger charge is -2.23. The molecule has 0 saturated carbocycles. The van der Waals surface area contributed by atoms with Gasteiger partial charge in [0.25, 0.3) is 0 Å². The predicted octanol–water partition coefficient (Wildman–Crippen LogP) is 4.17. The number of benzene rings is 2. The molecular formula is C18H16F3NO2. The molecule has 0 aliphatic carbocycles. The maximum atomic E-state index is 12.9. The van der Waals surface area contributed by atoms with Gasteiger partial charge in [0.05, 0.1) is 18.1 Å². The highest BCUT2D eigenvalue weighted by Crippen LogP contribution is 2.42. The number of hydrogen-bond donors (Lipinski definition) is 1. The Morgan fingerprint density at radius 2 is 1.92 bits per heavy atom. The highest BCUT2D eigenvalue weighted by molar-refractivity contribution is 6.06.